The summed E-state index contributed by atoms with van der Waals surface area (Å²) < 4.78 is 1.63. The lowest BCUT2D eigenvalue weighted by atomic mass is 10.2. The van der Waals surface area contributed by atoms with E-state index < -0.39 is 0 Å². The van der Waals surface area contributed by atoms with Gasteiger partial charge in [-0.05, 0) is 12.5 Å². The predicted molar refractivity (Wildman–Crippen MR) is 47.0 cm³/mol. The molecule has 0 spiro atoms. The van der Waals surface area contributed by atoms with Crippen LogP contribution in [0.1, 0.15) is 23.3 Å². The molecule has 0 unspecified atom stereocenters. The van der Waals surface area contributed by atoms with Crippen molar-refractivity contribution >= 4 is 5.78 Å². The topological polar surface area (TPSA) is 34.9 Å². The number of nitrogens with zero attached hydrogens (tertiary/aromatic N) is 2. The maximum absolute atomic E-state index is 11.3. The molecule has 0 aliphatic carbocycles. The Morgan fingerprint density at radius 2 is 2.58 bits per heavy atom. The molecule has 0 fully saturated rings. The van der Waals surface area contributed by atoms with Gasteiger partial charge in [0.1, 0.15) is 5.69 Å². The van der Waals surface area contributed by atoms with E-state index in [9.17, 15) is 4.79 Å². The normalized spacial score (nSPS) is 9.75. The van der Waals surface area contributed by atoms with Gasteiger partial charge in [0.25, 0.3) is 0 Å². The van der Waals surface area contributed by atoms with Crippen LogP contribution in [-0.4, -0.2) is 15.6 Å². The Morgan fingerprint density at radius 3 is 3.08 bits per heavy atom. The maximum atomic E-state index is 11.3. The Morgan fingerprint density at radius 1 is 1.83 bits per heavy atom. The first-order chi connectivity index (χ1) is 5.74. The summed E-state index contributed by atoms with van der Waals surface area (Å²) in [5, 5.41) is 4.00. The molecule has 64 valence electrons. The van der Waals surface area contributed by atoms with Crippen molar-refractivity contribution in [3.8, 4) is 0 Å². The zero-order chi connectivity index (χ0) is 8.97. The van der Waals surface area contributed by atoms with E-state index in [1.165, 1.54) is 0 Å². The summed E-state index contributed by atoms with van der Waals surface area (Å²) in [6.07, 6.45) is 4.72. The zero-order valence-corrected chi connectivity index (χ0v) is 7.16. The molecule has 1 heterocycles. The van der Waals surface area contributed by atoms with Crippen molar-refractivity contribution in [3.63, 3.8) is 0 Å². The Bertz CT molecular complexity index is 288. The molecule has 0 aliphatic heterocycles. The third-order valence-corrected chi connectivity index (χ3v) is 1.57. The molecule has 0 radical (unpaired) electrons. The van der Waals surface area contributed by atoms with Crippen LogP contribution in [-0.2, 0) is 7.05 Å². The van der Waals surface area contributed by atoms with E-state index in [1.54, 1.807) is 30.1 Å². The Labute approximate surface area is 71.7 Å². The number of ketones is 1. The molecule has 1 aromatic rings. The molecule has 0 saturated heterocycles. The Balaban J connectivity index is 2.59. The lowest BCUT2D eigenvalue weighted by molar-refractivity contribution is 0.0978. The predicted octanol–water partition coefficient (Wildman–Crippen LogP) is 1.57. The molecule has 0 N–H and O–H groups in total. The van der Waals surface area contributed by atoms with E-state index in [4.69, 9.17) is 0 Å². The first-order valence-electron chi connectivity index (χ1n) is 3.88. The number of carbonyl (C=O) groups excluding carboxylic acids is 1. The van der Waals surface area contributed by atoms with Gasteiger partial charge in [-0.2, -0.15) is 5.10 Å². The van der Waals surface area contributed by atoms with Crippen LogP contribution in [0.2, 0.25) is 0 Å². The second-order valence-electron chi connectivity index (χ2n) is 2.63. The summed E-state index contributed by atoms with van der Waals surface area (Å²) in [6.45, 7) is 3.55. The minimum Gasteiger partial charge on any atom is -0.292 e. The second-order valence-corrected chi connectivity index (χ2v) is 2.63. The van der Waals surface area contributed by atoms with E-state index in [0.717, 1.165) is 6.42 Å². The van der Waals surface area contributed by atoms with Crippen LogP contribution in [0.3, 0.4) is 0 Å². The van der Waals surface area contributed by atoms with Crippen LogP contribution in [0.25, 0.3) is 0 Å². The standard InChI is InChI=1S/C9H12N2O/c1-3-4-5-9(12)8-6-7-11(2)10-8/h3,6-7H,1,4-5H2,2H3. The summed E-state index contributed by atoms with van der Waals surface area (Å²) in [6, 6.07) is 1.73. The highest BCUT2D eigenvalue weighted by atomic mass is 16.1. The Kier molecular flexibility index (Phi) is 2.80. The van der Waals surface area contributed by atoms with E-state index in [2.05, 4.69) is 11.7 Å². The van der Waals surface area contributed by atoms with Crippen LogP contribution in [0.5, 0.6) is 0 Å². The fourth-order valence-electron chi connectivity index (χ4n) is 0.925. The highest BCUT2D eigenvalue weighted by molar-refractivity contribution is 5.94. The van der Waals surface area contributed by atoms with Gasteiger partial charge in [-0.3, -0.25) is 9.48 Å². The van der Waals surface area contributed by atoms with Crippen molar-refractivity contribution in [1.82, 2.24) is 9.78 Å². The quantitative estimate of drug-likeness (QED) is 0.500. The molecule has 0 aliphatic rings. The number of hydrogen-bond acceptors (Lipinski definition) is 2. The lowest BCUT2D eigenvalue weighted by Gasteiger charge is -1.91. The molecular weight excluding hydrogens is 152 g/mol. The molecule has 1 rings (SSSR count). The monoisotopic (exact) mass is 164 g/mol. The third kappa shape index (κ3) is 2.05. The second kappa shape index (κ2) is 3.85. The molecule has 3 heteroatoms. The van der Waals surface area contributed by atoms with E-state index >= 15 is 0 Å². The summed E-state index contributed by atoms with van der Waals surface area (Å²) >= 11 is 0. The average Bonchev–Trinajstić information content (AvgIpc) is 2.47. The highest BCUT2D eigenvalue weighted by Gasteiger charge is 2.06. The molecule has 3 nitrogen and oxygen atoms in total. The largest absolute Gasteiger partial charge is 0.292 e. The average molecular weight is 164 g/mol. The Hall–Kier alpha value is -1.38. The number of aromatic nitrogens is 2. The fraction of sp³-hybridized carbons (Fsp3) is 0.333. The molecule has 1 aromatic heterocycles. The van der Waals surface area contributed by atoms with Gasteiger partial charge in [0.2, 0.25) is 0 Å². The van der Waals surface area contributed by atoms with Crippen LogP contribution in [0.4, 0.5) is 0 Å². The molecule has 0 aromatic carbocycles. The van der Waals surface area contributed by atoms with Gasteiger partial charge in [-0.25, -0.2) is 0 Å². The molecule has 12 heavy (non-hydrogen) atoms. The van der Waals surface area contributed by atoms with Crippen molar-refractivity contribution < 1.29 is 4.79 Å². The number of Topliss-reactive ketones (excluding diaryl/α,β-unsaturated/α-hetero) is 1. The summed E-state index contributed by atoms with van der Waals surface area (Å²) in [5.74, 6) is 0.0792. The lowest BCUT2D eigenvalue weighted by Crippen LogP contribution is -2.00. The van der Waals surface area contributed by atoms with Gasteiger partial charge in [0.05, 0.1) is 0 Å². The first-order valence-corrected chi connectivity index (χ1v) is 3.88. The fourth-order valence-corrected chi connectivity index (χ4v) is 0.925. The molecule has 0 amide bonds. The highest BCUT2D eigenvalue weighted by Crippen LogP contribution is 2.01. The number of aryl methyl sites for hydroxylation is 1. The summed E-state index contributed by atoms with van der Waals surface area (Å²) in [5.41, 5.74) is 0.541. The van der Waals surface area contributed by atoms with E-state index in [1.807, 2.05) is 0 Å². The first kappa shape index (κ1) is 8.71. The van der Waals surface area contributed by atoms with Crippen molar-refractivity contribution in [1.29, 1.82) is 0 Å². The number of rotatable bonds is 4. The van der Waals surface area contributed by atoms with Gasteiger partial charge in [-0.1, -0.05) is 6.08 Å². The van der Waals surface area contributed by atoms with Crippen molar-refractivity contribution in [2.75, 3.05) is 0 Å². The number of allylic oxidation sites excluding steroid dienone is 1. The van der Waals surface area contributed by atoms with Gasteiger partial charge in [-0.15, -0.1) is 6.58 Å². The van der Waals surface area contributed by atoms with E-state index in [0.29, 0.717) is 12.1 Å². The number of carbonyl (C=O) groups is 1. The van der Waals surface area contributed by atoms with Crippen LogP contribution in [0, 0.1) is 0 Å². The molecule has 0 atom stereocenters. The van der Waals surface area contributed by atoms with E-state index in [-0.39, 0.29) is 5.78 Å². The SMILES string of the molecule is C=CCCC(=O)c1ccn(C)n1. The maximum Gasteiger partial charge on any atom is 0.183 e. The summed E-state index contributed by atoms with van der Waals surface area (Å²) in [4.78, 5) is 11.3. The van der Waals surface area contributed by atoms with Gasteiger partial charge >= 0.3 is 0 Å². The third-order valence-electron chi connectivity index (χ3n) is 1.57. The van der Waals surface area contributed by atoms with Crippen LogP contribution in [0.15, 0.2) is 24.9 Å². The molecule has 0 bridgehead atoms. The minimum absolute atomic E-state index is 0.0792. The smallest absolute Gasteiger partial charge is 0.183 e. The van der Waals surface area contributed by atoms with Crippen LogP contribution < -0.4 is 0 Å². The minimum atomic E-state index is 0.0792. The van der Waals surface area contributed by atoms with Gasteiger partial charge in [0.15, 0.2) is 5.78 Å². The van der Waals surface area contributed by atoms with Gasteiger partial charge < -0.3 is 0 Å². The number of hydrogen-bond donors (Lipinski definition) is 0. The van der Waals surface area contributed by atoms with Crippen LogP contribution >= 0.6 is 0 Å². The molecular formula is C9H12N2O. The van der Waals surface area contributed by atoms with Crippen molar-refractivity contribution in [2.45, 2.75) is 12.8 Å². The molecule has 0 saturated carbocycles. The summed E-state index contributed by atoms with van der Waals surface area (Å²) in [7, 11) is 1.80. The van der Waals surface area contributed by atoms with Crippen molar-refractivity contribution in [3.05, 3.63) is 30.6 Å². The van der Waals surface area contributed by atoms with Gasteiger partial charge in [0, 0.05) is 19.7 Å². The van der Waals surface area contributed by atoms with Crippen molar-refractivity contribution in [2.24, 2.45) is 7.05 Å². The zero-order valence-electron chi connectivity index (χ0n) is 7.16.